The van der Waals surface area contributed by atoms with Gasteiger partial charge in [-0.25, -0.2) is 14.2 Å². The van der Waals surface area contributed by atoms with Crippen molar-refractivity contribution in [2.75, 3.05) is 5.32 Å². The Labute approximate surface area is 170 Å². The number of amides is 1. The average Bonchev–Trinajstić information content (AvgIpc) is 3.11. The van der Waals surface area contributed by atoms with Crippen LogP contribution in [0.25, 0.3) is 0 Å². The first-order valence-electron chi connectivity index (χ1n) is 8.70. The van der Waals surface area contributed by atoms with E-state index in [9.17, 15) is 14.0 Å². The van der Waals surface area contributed by atoms with Gasteiger partial charge < -0.3 is 14.6 Å². The number of esters is 1. The van der Waals surface area contributed by atoms with Crippen molar-refractivity contribution in [3.05, 3.63) is 71.5 Å². The summed E-state index contributed by atoms with van der Waals surface area (Å²) in [5, 5.41) is 6.87. The van der Waals surface area contributed by atoms with Crippen molar-refractivity contribution in [3.8, 4) is 0 Å². The first-order chi connectivity index (χ1) is 13.9. The highest BCUT2D eigenvalue weighted by molar-refractivity contribution is 7.98. The highest BCUT2D eigenvalue weighted by Crippen LogP contribution is 2.25. The van der Waals surface area contributed by atoms with E-state index in [1.54, 1.807) is 31.3 Å². The zero-order valence-electron chi connectivity index (χ0n) is 15.7. The number of pyridine rings is 1. The summed E-state index contributed by atoms with van der Waals surface area (Å²) >= 11 is 1.30. The average molecular weight is 415 g/mol. The van der Waals surface area contributed by atoms with Crippen LogP contribution >= 0.6 is 11.8 Å². The number of hydrogen-bond acceptors (Lipinski definition) is 7. The fraction of sp³-hybridized carbons (Fsp3) is 0.200. The normalized spacial score (nSPS) is 11.7. The molecule has 0 bridgehead atoms. The zero-order valence-corrected chi connectivity index (χ0v) is 16.5. The number of carbonyl (C=O) groups excluding carboxylic acids is 2. The van der Waals surface area contributed by atoms with Gasteiger partial charge in [-0.2, -0.15) is 0 Å². The van der Waals surface area contributed by atoms with E-state index in [2.05, 4.69) is 15.5 Å². The number of halogens is 1. The monoisotopic (exact) mass is 415 g/mol. The zero-order chi connectivity index (χ0) is 20.8. The Kier molecular flexibility index (Phi) is 6.61. The lowest BCUT2D eigenvalue weighted by Crippen LogP contribution is -2.30. The van der Waals surface area contributed by atoms with Gasteiger partial charge in [-0.3, -0.25) is 4.79 Å². The molecule has 0 unspecified atom stereocenters. The van der Waals surface area contributed by atoms with E-state index in [4.69, 9.17) is 9.26 Å². The van der Waals surface area contributed by atoms with Crippen LogP contribution in [0.3, 0.4) is 0 Å². The molecule has 0 aliphatic heterocycles. The number of nitrogens with zero attached hydrogens (tertiary/aromatic N) is 2. The van der Waals surface area contributed by atoms with Crippen molar-refractivity contribution in [2.24, 2.45) is 0 Å². The van der Waals surface area contributed by atoms with Crippen molar-refractivity contribution in [2.45, 2.75) is 30.7 Å². The third-order valence-electron chi connectivity index (χ3n) is 3.77. The number of aromatic nitrogens is 2. The lowest BCUT2D eigenvalue weighted by Gasteiger charge is -2.14. The number of benzene rings is 1. The van der Waals surface area contributed by atoms with E-state index in [0.717, 1.165) is 5.69 Å². The van der Waals surface area contributed by atoms with Gasteiger partial charge in [-0.05, 0) is 44.2 Å². The summed E-state index contributed by atoms with van der Waals surface area (Å²) in [6.07, 6.45) is 0.481. The minimum absolute atomic E-state index is 0.239. The Morgan fingerprint density at radius 3 is 2.83 bits per heavy atom. The number of aryl methyl sites for hydroxylation is 1. The van der Waals surface area contributed by atoms with Gasteiger partial charge in [-0.15, -0.1) is 0 Å². The number of thioether (sulfide) groups is 1. The molecule has 7 nitrogen and oxygen atoms in total. The van der Waals surface area contributed by atoms with Crippen LogP contribution in [0.5, 0.6) is 0 Å². The molecule has 2 aromatic heterocycles. The molecule has 0 saturated carbocycles. The van der Waals surface area contributed by atoms with Crippen LogP contribution in [0.1, 0.15) is 28.7 Å². The Morgan fingerprint density at radius 1 is 1.28 bits per heavy atom. The van der Waals surface area contributed by atoms with Crippen molar-refractivity contribution in [1.29, 1.82) is 0 Å². The van der Waals surface area contributed by atoms with Gasteiger partial charge in [0.1, 0.15) is 16.6 Å². The molecule has 0 aliphatic rings. The Hall–Kier alpha value is -3.20. The summed E-state index contributed by atoms with van der Waals surface area (Å²) in [5.74, 6) is -0.574. The fourth-order valence-corrected chi connectivity index (χ4v) is 3.24. The third kappa shape index (κ3) is 5.64. The van der Waals surface area contributed by atoms with Gasteiger partial charge in [0.25, 0.3) is 5.91 Å². The van der Waals surface area contributed by atoms with Crippen LogP contribution in [0.15, 0.2) is 58.2 Å². The van der Waals surface area contributed by atoms with Gasteiger partial charge in [0, 0.05) is 23.7 Å². The summed E-state index contributed by atoms with van der Waals surface area (Å²) in [4.78, 5) is 29.0. The lowest BCUT2D eigenvalue weighted by molar-refractivity contribution is -0.123. The third-order valence-corrected chi connectivity index (χ3v) is 4.81. The summed E-state index contributed by atoms with van der Waals surface area (Å²) in [6, 6.07) is 10.4. The smallest absolute Gasteiger partial charge is 0.341 e. The Bertz CT molecular complexity index is 1020. The molecule has 1 N–H and O–H groups in total. The first kappa shape index (κ1) is 20.5. The van der Waals surface area contributed by atoms with Gasteiger partial charge in [-0.1, -0.05) is 23.0 Å². The molecular weight excluding hydrogens is 397 g/mol. The SMILES string of the molecule is Cc1cc(CSc2ncccc2C(=O)O[C@H](C)C(=O)Nc2cccc(F)c2)no1. The van der Waals surface area contributed by atoms with Crippen LogP contribution < -0.4 is 5.32 Å². The van der Waals surface area contributed by atoms with Crippen molar-refractivity contribution < 1.29 is 23.2 Å². The number of hydrogen-bond donors (Lipinski definition) is 1. The summed E-state index contributed by atoms with van der Waals surface area (Å²) in [5.41, 5.74) is 1.24. The molecule has 1 atom stereocenters. The molecule has 0 radical (unpaired) electrons. The second-order valence-corrected chi connectivity index (χ2v) is 7.08. The molecule has 29 heavy (non-hydrogen) atoms. The number of nitrogens with one attached hydrogen (secondary N) is 1. The van der Waals surface area contributed by atoms with Crippen molar-refractivity contribution in [3.63, 3.8) is 0 Å². The molecule has 3 rings (SSSR count). The molecule has 0 spiro atoms. The molecule has 3 aromatic rings. The van der Waals surface area contributed by atoms with E-state index in [-0.39, 0.29) is 11.3 Å². The molecule has 0 aliphatic carbocycles. The predicted octanol–water partition coefficient (Wildman–Crippen LogP) is 3.99. The lowest BCUT2D eigenvalue weighted by atomic mass is 10.2. The Morgan fingerprint density at radius 2 is 2.10 bits per heavy atom. The van der Waals surface area contributed by atoms with Crippen LogP contribution in [0, 0.1) is 12.7 Å². The van der Waals surface area contributed by atoms with E-state index >= 15 is 0 Å². The second kappa shape index (κ2) is 9.33. The molecule has 1 amide bonds. The van der Waals surface area contributed by atoms with Crippen molar-refractivity contribution in [1.82, 2.24) is 10.1 Å². The van der Waals surface area contributed by atoms with Crippen LogP contribution in [0.4, 0.5) is 10.1 Å². The molecule has 0 fully saturated rings. The van der Waals surface area contributed by atoms with E-state index in [0.29, 0.717) is 16.5 Å². The predicted molar refractivity (Wildman–Crippen MR) is 105 cm³/mol. The number of carbonyl (C=O) groups is 2. The highest BCUT2D eigenvalue weighted by Gasteiger charge is 2.22. The quantitative estimate of drug-likeness (QED) is 0.460. The summed E-state index contributed by atoms with van der Waals surface area (Å²) < 4.78 is 23.5. The first-order valence-corrected chi connectivity index (χ1v) is 9.68. The van der Waals surface area contributed by atoms with Crippen molar-refractivity contribution >= 4 is 29.3 Å². The minimum Gasteiger partial charge on any atom is -0.449 e. The molecule has 1 aromatic carbocycles. The second-order valence-electron chi connectivity index (χ2n) is 6.12. The van der Waals surface area contributed by atoms with E-state index < -0.39 is 23.8 Å². The van der Waals surface area contributed by atoms with E-state index in [1.165, 1.54) is 43.0 Å². The molecule has 9 heteroatoms. The molecule has 150 valence electrons. The standard InChI is InChI=1S/C20H18FN3O4S/c1-12-9-16(24-28-12)11-29-19-17(7-4-8-22-19)20(26)27-13(2)18(25)23-15-6-3-5-14(21)10-15/h3-10,13H,11H2,1-2H3,(H,23,25)/t13-/m1/s1. The fourth-order valence-electron chi connectivity index (χ4n) is 2.38. The molecule has 2 heterocycles. The number of ether oxygens (including phenoxy) is 1. The summed E-state index contributed by atoms with van der Waals surface area (Å²) in [7, 11) is 0. The molecule has 0 saturated heterocycles. The number of anilines is 1. The minimum atomic E-state index is -1.08. The van der Waals surface area contributed by atoms with Gasteiger partial charge in [0.05, 0.1) is 11.3 Å². The van der Waals surface area contributed by atoms with Crippen LogP contribution in [-0.4, -0.2) is 28.1 Å². The largest absolute Gasteiger partial charge is 0.449 e. The topological polar surface area (TPSA) is 94.3 Å². The molecular formula is C20H18FN3O4S. The van der Waals surface area contributed by atoms with Crippen LogP contribution in [-0.2, 0) is 15.3 Å². The Balaban J connectivity index is 1.63. The number of rotatable bonds is 7. The maximum Gasteiger partial charge on any atom is 0.341 e. The van der Waals surface area contributed by atoms with Gasteiger partial charge in [0.15, 0.2) is 6.10 Å². The van der Waals surface area contributed by atoms with Crippen LogP contribution in [0.2, 0.25) is 0 Å². The van der Waals surface area contributed by atoms with E-state index in [1.807, 2.05) is 0 Å². The highest BCUT2D eigenvalue weighted by atomic mass is 32.2. The maximum atomic E-state index is 13.2. The van der Waals surface area contributed by atoms with Gasteiger partial charge >= 0.3 is 5.97 Å². The van der Waals surface area contributed by atoms with Gasteiger partial charge in [0.2, 0.25) is 0 Å². The maximum absolute atomic E-state index is 13.2. The summed E-state index contributed by atoms with van der Waals surface area (Å²) in [6.45, 7) is 3.23.